The van der Waals surface area contributed by atoms with Crippen LogP contribution < -0.4 is 0 Å². The van der Waals surface area contributed by atoms with Gasteiger partial charge in [0.05, 0.1) is 12.2 Å². The molecule has 2 rings (SSSR count). The first kappa shape index (κ1) is 23.8. The van der Waals surface area contributed by atoms with Gasteiger partial charge in [0.2, 0.25) is 0 Å². The van der Waals surface area contributed by atoms with Crippen LogP contribution in [0.25, 0.3) is 0 Å². The van der Waals surface area contributed by atoms with Crippen LogP contribution in [0.2, 0.25) is 18.1 Å². The largest absolute Gasteiger partial charge is 0.452 e. The summed E-state index contributed by atoms with van der Waals surface area (Å²) in [5.74, 6) is -0.382. The van der Waals surface area contributed by atoms with Gasteiger partial charge >= 0.3 is 5.97 Å². The van der Waals surface area contributed by atoms with E-state index < -0.39 is 14.4 Å². The van der Waals surface area contributed by atoms with Crippen LogP contribution in [0.4, 0.5) is 0 Å². The number of esters is 1. The first-order valence-corrected chi connectivity index (χ1v) is 13.3. The van der Waals surface area contributed by atoms with E-state index in [-0.39, 0.29) is 23.2 Å². The summed E-state index contributed by atoms with van der Waals surface area (Å²) in [6, 6.07) is 8.94. The Morgan fingerprint density at radius 1 is 1.24 bits per heavy atom. The Kier molecular flexibility index (Phi) is 8.64. The quantitative estimate of drug-likeness (QED) is 0.157. The zero-order chi connectivity index (χ0) is 21.5. The van der Waals surface area contributed by atoms with Crippen LogP contribution in [0.1, 0.15) is 44.0 Å². The standard InChI is InChI=1S/C23H36O5Si/c1-7-19(28-22(24)18-13-9-8-10-14-18)21(20-17-26-20)25-15-11-12-16-27-29(5,6)23(2,3)4/h7-10,13-14,19-21H,1,11-12,15-17H2,2-6H3/t19-,20-,21-/m1/s1. The van der Waals surface area contributed by atoms with Crippen LogP contribution >= 0.6 is 0 Å². The van der Waals surface area contributed by atoms with Crippen molar-refractivity contribution in [2.45, 2.75) is 70.1 Å². The van der Waals surface area contributed by atoms with Crippen LogP contribution in [-0.4, -0.2) is 52.4 Å². The third-order valence-electron chi connectivity index (χ3n) is 5.65. The monoisotopic (exact) mass is 420 g/mol. The highest BCUT2D eigenvalue weighted by molar-refractivity contribution is 6.74. The van der Waals surface area contributed by atoms with Crippen LogP contribution in [-0.2, 0) is 18.6 Å². The topological polar surface area (TPSA) is 57.3 Å². The second kappa shape index (κ2) is 10.5. The maximum Gasteiger partial charge on any atom is 0.338 e. The number of carbonyl (C=O) groups is 1. The van der Waals surface area contributed by atoms with Crippen molar-refractivity contribution in [1.29, 1.82) is 0 Å². The molecule has 1 aromatic rings. The lowest BCUT2D eigenvalue weighted by Crippen LogP contribution is -2.41. The highest BCUT2D eigenvalue weighted by Gasteiger charge is 2.40. The van der Waals surface area contributed by atoms with Gasteiger partial charge in [0.15, 0.2) is 8.32 Å². The van der Waals surface area contributed by atoms with Gasteiger partial charge in [-0.1, -0.05) is 45.5 Å². The minimum absolute atomic E-state index is 0.0509. The van der Waals surface area contributed by atoms with Crippen molar-refractivity contribution >= 4 is 14.3 Å². The molecule has 0 amide bonds. The maximum absolute atomic E-state index is 12.4. The van der Waals surface area contributed by atoms with Crippen molar-refractivity contribution in [1.82, 2.24) is 0 Å². The average molecular weight is 421 g/mol. The Balaban J connectivity index is 1.77. The number of rotatable bonds is 12. The van der Waals surface area contributed by atoms with Gasteiger partial charge in [-0.2, -0.15) is 0 Å². The lowest BCUT2D eigenvalue weighted by molar-refractivity contribution is -0.0474. The maximum atomic E-state index is 12.4. The molecule has 1 aromatic carbocycles. The van der Waals surface area contributed by atoms with Crippen LogP contribution in [0.5, 0.6) is 0 Å². The van der Waals surface area contributed by atoms with E-state index in [4.69, 9.17) is 18.6 Å². The zero-order valence-electron chi connectivity index (χ0n) is 18.5. The highest BCUT2D eigenvalue weighted by atomic mass is 28.4. The minimum Gasteiger partial charge on any atom is -0.452 e. The van der Waals surface area contributed by atoms with Gasteiger partial charge in [0.1, 0.15) is 18.3 Å². The summed E-state index contributed by atoms with van der Waals surface area (Å²) in [5, 5.41) is 0.220. The van der Waals surface area contributed by atoms with E-state index in [1.807, 2.05) is 18.2 Å². The molecule has 0 bridgehead atoms. The molecule has 0 unspecified atom stereocenters. The number of ether oxygens (including phenoxy) is 3. The molecule has 0 saturated carbocycles. The van der Waals surface area contributed by atoms with Gasteiger partial charge in [-0.25, -0.2) is 4.79 Å². The second-order valence-corrected chi connectivity index (χ2v) is 13.8. The van der Waals surface area contributed by atoms with Gasteiger partial charge in [-0.05, 0) is 49.2 Å². The molecule has 1 heterocycles. The molecular formula is C23H36O5Si. The predicted octanol–water partition coefficient (Wildman–Crippen LogP) is 4.98. The van der Waals surface area contributed by atoms with Gasteiger partial charge in [0, 0.05) is 13.2 Å². The molecule has 0 spiro atoms. The Morgan fingerprint density at radius 3 is 2.41 bits per heavy atom. The zero-order valence-corrected chi connectivity index (χ0v) is 19.5. The number of epoxide rings is 1. The molecule has 0 radical (unpaired) electrons. The number of benzene rings is 1. The van der Waals surface area contributed by atoms with E-state index in [1.54, 1.807) is 18.2 Å². The fourth-order valence-corrected chi connectivity index (χ4v) is 3.73. The summed E-state index contributed by atoms with van der Waals surface area (Å²) in [6.45, 7) is 17.0. The molecule has 1 fully saturated rings. The van der Waals surface area contributed by atoms with Gasteiger partial charge in [-0.15, -0.1) is 0 Å². The van der Waals surface area contributed by atoms with E-state index in [2.05, 4.69) is 40.4 Å². The molecule has 0 aromatic heterocycles. The molecule has 5 nitrogen and oxygen atoms in total. The molecule has 3 atom stereocenters. The van der Waals surface area contributed by atoms with Gasteiger partial charge in [-0.3, -0.25) is 0 Å². The van der Waals surface area contributed by atoms with Crippen molar-refractivity contribution in [3.63, 3.8) is 0 Å². The van der Waals surface area contributed by atoms with Crippen molar-refractivity contribution < 1.29 is 23.4 Å². The summed E-state index contributed by atoms with van der Waals surface area (Å²) in [5.41, 5.74) is 0.512. The fourth-order valence-electron chi connectivity index (χ4n) is 2.64. The molecule has 1 aliphatic rings. The number of carbonyl (C=O) groups excluding carboxylic acids is 1. The summed E-state index contributed by atoms with van der Waals surface area (Å²) in [4.78, 5) is 12.4. The van der Waals surface area contributed by atoms with Crippen molar-refractivity contribution in [3.05, 3.63) is 48.6 Å². The normalized spacial score (nSPS) is 18.7. The highest BCUT2D eigenvalue weighted by Crippen LogP contribution is 2.36. The van der Waals surface area contributed by atoms with Crippen molar-refractivity contribution in [3.8, 4) is 0 Å². The Morgan fingerprint density at radius 2 is 1.86 bits per heavy atom. The lowest BCUT2D eigenvalue weighted by atomic mass is 10.1. The van der Waals surface area contributed by atoms with Crippen LogP contribution in [0.3, 0.4) is 0 Å². The SMILES string of the molecule is C=C[C@@H](OC(=O)c1ccccc1)[C@@H](OCCCCO[Si](C)(C)C(C)(C)C)[C@H]1CO1. The molecule has 29 heavy (non-hydrogen) atoms. The first-order valence-electron chi connectivity index (χ1n) is 10.4. The van der Waals surface area contributed by atoms with Gasteiger partial charge < -0.3 is 18.6 Å². The number of unbranched alkanes of at least 4 members (excludes halogenated alkanes) is 1. The lowest BCUT2D eigenvalue weighted by Gasteiger charge is -2.36. The molecule has 1 saturated heterocycles. The Bertz CT molecular complexity index is 649. The van der Waals surface area contributed by atoms with Crippen LogP contribution in [0.15, 0.2) is 43.0 Å². The molecular weight excluding hydrogens is 384 g/mol. The summed E-state index contributed by atoms with van der Waals surface area (Å²) in [7, 11) is -1.70. The van der Waals surface area contributed by atoms with Crippen molar-refractivity contribution in [2.75, 3.05) is 19.8 Å². The third-order valence-corrected chi connectivity index (χ3v) is 10.2. The van der Waals surface area contributed by atoms with Gasteiger partial charge in [0.25, 0.3) is 0 Å². The Labute approximate surface area is 176 Å². The summed E-state index contributed by atoms with van der Waals surface area (Å²) >= 11 is 0. The molecule has 0 aliphatic carbocycles. The first-order chi connectivity index (χ1) is 13.7. The molecule has 0 N–H and O–H groups in total. The average Bonchev–Trinajstić information content (AvgIpc) is 3.50. The summed E-state index contributed by atoms with van der Waals surface area (Å²) in [6.07, 6.45) is 2.51. The van der Waals surface area contributed by atoms with E-state index in [0.29, 0.717) is 18.8 Å². The summed E-state index contributed by atoms with van der Waals surface area (Å²) < 4.78 is 23.3. The second-order valence-electron chi connectivity index (χ2n) is 8.99. The molecule has 1 aliphatic heterocycles. The smallest absolute Gasteiger partial charge is 0.338 e. The third kappa shape index (κ3) is 7.37. The van der Waals surface area contributed by atoms with Crippen molar-refractivity contribution in [2.24, 2.45) is 0 Å². The Hall–Kier alpha value is -1.47. The molecule has 162 valence electrons. The van der Waals surface area contributed by atoms with E-state index >= 15 is 0 Å². The fraction of sp³-hybridized carbons (Fsp3) is 0.609. The number of hydrogen-bond donors (Lipinski definition) is 0. The van der Waals surface area contributed by atoms with Crippen LogP contribution in [0, 0.1) is 0 Å². The minimum atomic E-state index is -1.70. The molecule has 6 heteroatoms. The number of hydrogen-bond acceptors (Lipinski definition) is 5. The predicted molar refractivity (Wildman–Crippen MR) is 118 cm³/mol. The van der Waals surface area contributed by atoms with E-state index in [0.717, 1.165) is 19.4 Å². The van der Waals surface area contributed by atoms with E-state index in [1.165, 1.54) is 0 Å². The van der Waals surface area contributed by atoms with E-state index in [9.17, 15) is 4.79 Å².